The van der Waals surface area contributed by atoms with Crippen molar-refractivity contribution in [3.05, 3.63) is 11.6 Å². The third kappa shape index (κ3) is 5.40. The molecule has 0 saturated heterocycles. The van der Waals surface area contributed by atoms with Crippen LogP contribution in [0.2, 0.25) is 0 Å². The van der Waals surface area contributed by atoms with Crippen molar-refractivity contribution >= 4 is 0 Å². The highest BCUT2D eigenvalue weighted by Gasteiger charge is 1.91. The first-order chi connectivity index (χ1) is 4.66. The van der Waals surface area contributed by atoms with E-state index < -0.39 is 0 Å². The van der Waals surface area contributed by atoms with Gasteiger partial charge in [-0.1, -0.05) is 17.6 Å². The van der Waals surface area contributed by atoms with Crippen LogP contribution in [0.15, 0.2) is 11.6 Å². The van der Waals surface area contributed by atoms with E-state index >= 15 is 0 Å². The fraction of sp³-hybridized carbons (Fsp3) is 0.556. The van der Waals surface area contributed by atoms with Crippen LogP contribution in [0, 0.1) is 12.3 Å². The summed E-state index contributed by atoms with van der Waals surface area (Å²) < 4.78 is 5.19. The maximum Gasteiger partial charge on any atom is 0.115 e. The summed E-state index contributed by atoms with van der Waals surface area (Å²) in [5.41, 5.74) is 1.25. The summed E-state index contributed by atoms with van der Waals surface area (Å²) in [6.45, 7) is 6.54. The van der Waals surface area contributed by atoms with Gasteiger partial charge in [-0.15, -0.1) is 6.42 Å². The molecule has 56 valence electrons. The first-order valence-corrected chi connectivity index (χ1v) is 3.38. The lowest BCUT2D eigenvalue weighted by atomic mass is 10.3. The van der Waals surface area contributed by atoms with E-state index in [0.717, 1.165) is 0 Å². The molecule has 0 aromatic carbocycles. The Bertz CT molecular complexity index is 147. The summed E-state index contributed by atoms with van der Waals surface area (Å²) in [7, 11) is 0. The van der Waals surface area contributed by atoms with Crippen LogP contribution in [0.3, 0.4) is 0 Å². The standard InChI is InChI=1S/C9H14O/c1-5-9(4)10-7-6-8(2)3/h1,6,9H,7H2,2-4H3. The number of hydrogen-bond acceptors (Lipinski definition) is 1. The Morgan fingerprint density at radius 2 is 2.30 bits per heavy atom. The van der Waals surface area contributed by atoms with Crippen LogP contribution in [0.25, 0.3) is 0 Å². The number of allylic oxidation sites excluding steroid dienone is 1. The van der Waals surface area contributed by atoms with Gasteiger partial charge in [-0.25, -0.2) is 0 Å². The lowest BCUT2D eigenvalue weighted by Crippen LogP contribution is -2.04. The monoisotopic (exact) mass is 138 g/mol. The van der Waals surface area contributed by atoms with E-state index in [1.165, 1.54) is 5.57 Å². The summed E-state index contributed by atoms with van der Waals surface area (Å²) in [5, 5.41) is 0. The Morgan fingerprint density at radius 3 is 2.70 bits per heavy atom. The Labute approximate surface area is 63.1 Å². The van der Waals surface area contributed by atoms with Crippen LogP contribution in [0.4, 0.5) is 0 Å². The van der Waals surface area contributed by atoms with Gasteiger partial charge in [-0.05, 0) is 20.8 Å². The number of hydrogen-bond donors (Lipinski definition) is 0. The molecule has 1 nitrogen and oxygen atoms in total. The molecule has 0 aliphatic heterocycles. The zero-order valence-electron chi connectivity index (χ0n) is 6.85. The minimum atomic E-state index is -0.0735. The fourth-order valence-electron chi connectivity index (χ4n) is 0.407. The summed E-state index contributed by atoms with van der Waals surface area (Å²) in [5.74, 6) is 2.49. The topological polar surface area (TPSA) is 9.23 Å². The molecule has 0 heterocycles. The van der Waals surface area contributed by atoms with Gasteiger partial charge in [-0.2, -0.15) is 0 Å². The molecule has 10 heavy (non-hydrogen) atoms. The zero-order valence-corrected chi connectivity index (χ0v) is 6.85. The summed E-state index contributed by atoms with van der Waals surface area (Å²) >= 11 is 0. The van der Waals surface area contributed by atoms with Crippen molar-refractivity contribution in [2.75, 3.05) is 6.61 Å². The molecule has 0 bridgehead atoms. The van der Waals surface area contributed by atoms with Crippen molar-refractivity contribution in [1.82, 2.24) is 0 Å². The van der Waals surface area contributed by atoms with Crippen molar-refractivity contribution in [2.45, 2.75) is 26.9 Å². The molecule has 0 aliphatic carbocycles. The van der Waals surface area contributed by atoms with Crippen LogP contribution < -0.4 is 0 Å². The SMILES string of the molecule is C#CC(C)OCC=C(C)C. The average Bonchev–Trinajstić information content (AvgIpc) is 1.87. The molecule has 0 aromatic rings. The van der Waals surface area contributed by atoms with Gasteiger partial charge in [0, 0.05) is 0 Å². The third-order valence-corrected chi connectivity index (χ3v) is 1.07. The van der Waals surface area contributed by atoms with E-state index in [4.69, 9.17) is 11.2 Å². The van der Waals surface area contributed by atoms with Crippen molar-refractivity contribution < 1.29 is 4.74 Å². The average molecular weight is 138 g/mol. The lowest BCUT2D eigenvalue weighted by molar-refractivity contribution is 0.129. The van der Waals surface area contributed by atoms with Gasteiger partial charge in [0.25, 0.3) is 0 Å². The van der Waals surface area contributed by atoms with Crippen LogP contribution in [-0.4, -0.2) is 12.7 Å². The first kappa shape index (κ1) is 9.26. The minimum Gasteiger partial charge on any atom is -0.362 e. The Balaban J connectivity index is 3.39. The number of ether oxygens (including phenoxy) is 1. The van der Waals surface area contributed by atoms with Crippen molar-refractivity contribution in [1.29, 1.82) is 0 Å². The largest absolute Gasteiger partial charge is 0.362 e. The Morgan fingerprint density at radius 1 is 1.70 bits per heavy atom. The number of terminal acetylenes is 1. The lowest BCUT2D eigenvalue weighted by Gasteiger charge is -2.02. The first-order valence-electron chi connectivity index (χ1n) is 3.38. The molecule has 0 saturated carbocycles. The van der Waals surface area contributed by atoms with E-state index in [2.05, 4.69) is 5.92 Å². The van der Waals surface area contributed by atoms with Crippen LogP contribution in [-0.2, 0) is 4.74 Å². The van der Waals surface area contributed by atoms with E-state index in [1.807, 2.05) is 26.8 Å². The zero-order chi connectivity index (χ0) is 7.98. The predicted molar refractivity (Wildman–Crippen MR) is 43.7 cm³/mol. The van der Waals surface area contributed by atoms with Gasteiger partial charge in [-0.3, -0.25) is 0 Å². The molecule has 0 aromatic heterocycles. The van der Waals surface area contributed by atoms with Gasteiger partial charge in [0.2, 0.25) is 0 Å². The normalized spacial score (nSPS) is 11.8. The van der Waals surface area contributed by atoms with Gasteiger partial charge < -0.3 is 4.74 Å². The maximum absolute atomic E-state index is 5.19. The third-order valence-electron chi connectivity index (χ3n) is 1.07. The highest BCUT2D eigenvalue weighted by molar-refractivity contribution is 4.95. The van der Waals surface area contributed by atoms with Gasteiger partial charge in [0.05, 0.1) is 6.61 Å². The molecule has 1 unspecified atom stereocenters. The quantitative estimate of drug-likeness (QED) is 0.428. The van der Waals surface area contributed by atoms with Crippen LogP contribution in [0.1, 0.15) is 20.8 Å². The van der Waals surface area contributed by atoms with Crippen LogP contribution in [0.5, 0.6) is 0 Å². The van der Waals surface area contributed by atoms with Crippen molar-refractivity contribution in [3.63, 3.8) is 0 Å². The molecule has 1 heteroatoms. The molecule has 0 spiro atoms. The second-order valence-electron chi connectivity index (χ2n) is 2.42. The van der Waals surface area contributed by atoms with E-state index in [1.54, 1.807) is 0 Å². The highest BCUT2D eigenvalue weighted by atomic mass is 16.5. The predicted octanol–water partition coefficient (Wildman–Crippen LogP) is 1.99. The summed E-state index contributed by atoms with van der Waals surface area (Å²) in [6, 6.07) is 0. The number of rotatable bonds is 3. The van der Waals surface area contributed by atoms with Gasteiger partial charge in [0.15, 0.2) is 0 Å². The van der Waals surface area contributed by atoms with E-state index in [9.17, 15) is 0 Å². The molecule has 0 aliphatic rings. The molecule has 1 atom stereocenters. The van der Waals surface area contributed by atoms with Crippen LogP contribution >= 0.6 is 0 Å². The van der Waals surface area contributed by atoms with Gasteiger partial charge >= 0.3 is 0 Å². The smallest absolute Gasteiger partial charge is 0.115 e. The highest BCUT2D eigenvalue weighted by Crippen LogP contribution is 1.91. The summed E-state index contributed by atoms with van der Waals surface area (Å²) in [6.07, 6.45) is 7.03. The van der Waals surface area contributed by atoms with Gasteiger partial charge in [0.1, 0.15) is 6.10 Å². The Kier molecular flexibility index (Phi) is 4.70. The summed E-state index contributed by atoms with van der Waals surface area (Å²) in [4.78, 5) is 0. The Hall–Kier alpha value is -0.740. The van der Waals surface area contributed by atoms with Crippen molar-refractivity contribution in [2.24, 2.45) is 0 Å². The maximum atomic E-state index is 5.19. The molecule has 0 amide bonds. The molecular formula is C9H14O. The van der Waals surface area contributed by atoms with Crippen molar-refractivity contribution in [3.8, 4) is 12.3 Å². The molecule has 0 fully saturated rings. The second-order valence-corrected chi connectivity index (χ2v) is 2.42. The van der Waals surface area contributed by atoms with E-state index in [0.29, 0.717) is 6.61 Å². The second kappa shape index (κ2) is 5.08. The van der Waals surface area contributed by atoms with E-state index in [-0.39, 0.29) is 6.10 Å². The molecule has 0 N–H and O–H groups in total. The molecule has 0 rings (SSSR count). The fourth-order valence-corrected chi connectivity index (χ4v) is 0.407. The minimum absolute atomic E-state index is 0.0735. The molecular weight excluding hydrogens is 124 g/mol. The molecule has 0 radical (unpaired) electrons.